The van der Waals surface area contributed by atoms with Crippen molar-refractivity contribution < 1.29 is 9.53 Å². The first-order chi connectivity index (χ1) is 8.25. The van der Waals surface area contributed by atoms with E-state index in [1.807, 2.05) is 13.0 Å². The lowest BCUT2D eigenvalue weighted by Gasteiger charge is -2.42. The Labute approximate surface area is 111 Å². The van der Waals surface area contributed by atoms with E-state index < -0.39 is 0 Å². The normalized spacial score (nSPS) is 28.9. The number of allylic oxidation sites excluding steroid dienone is 3. The molecule has 0 heterocycles. The van der Waals surface area contributed by atoms with Crippen LogP contribution in [0.15, 0.2) is 23.8 Å². The quantitative estimate of drug-likeness (QED) is 0.556. The molecule has 0 spiro atoms. The highest BCUT2D eigenvalue weighted by atomic mass is 16.5. The van der Waals surface area contributed by atoms with Gasteiger partial charge in [0.05, 0.1) is 0 Å². The highest BCUT2D eigenvalue weighted by molar-refractivity contribution is 5.66. The van der Waals surface area contributed by atoms with Crippen LogP contribution in [0.3, 0.4) is 0 Å². The number of carbonyl (C=O) groups excluding carboxylic acids is 1. The van der Waals surface area contributed by atoms with Crippen LogP contribution in [0.4, 0.5) is 0 Å². The van der Waals surface area contributed by atoms with E-state index in [0.717, 1.165) is 6.42 Å². The fraction of sp³-hybridized carbons (Fsp3) is 0.688. The summed E-state index contributed by atoms with van der Waals surface area (Å²) in [5.41, 5.74) is 1.68. The molecule has 0 aromatic carbocycles. The molecule has 0 aromatic rings. The second-order valence-corrected chi connectivity index (χ2v) is 6.08. The largest absolute Gasteiger partial charge is 0.459 e. The molecule has 0 saturated carbocycles. The predicted molar refractivity (Wildman–Crippen MR) is 75.2 cm³/mol. The number of hydrogen-bond acceptors (Lipinski definition) is 2. The Morgan fingerprint density at radius 3 is 2.72 bits per heavy atom. The van der Waals surface area contributed by atoms with Gasteiger partial charge < -0.3 is 4.74 Å². The topological polar surface area (TPSA) is 26.3 Å². The molecule has 102 valence electrons. The van der Waals surface area contributed by atoms with Gasteiger partial charge in [-0.25, -0.2) is 0 Å². The van der Waals surface area contributed by atoms with Gasteiger partial charge in [-0.3, -0.25) is 4.79 Å². The third-order valence-electron chi connectivity index (χ3n) is 4.28. The third-order valence-corrected chi connectivity index (χ3v) is 4.28. The number of carbonyl (C=O) groups is 1. The lowest BCUT2D eigenvalue weighted by atomic mass is 9.63. The molecule has 1 rings (SSSR count). The number of rotatable bonds is 3. The zero-order valence-corrected chi connectivity index (χ0v) is 12.5. The SMILES string of the molecule is CC(=O)O[C@H](C)/C=C/[C@H]1C(C)=CC[C@H](C)C1(C)C. The van der Waals surface area contributed by atoms with Crippen LogP contribution in [0.25, 0.3) is 0 Å². The van der Waals surface area contributed by atoms with Gasteiger partial charge in [0.2, 0.25) is 0 Å². The van der Waals surface area contributed by atoms with Crippen LogP contribution in [0.5, 0.6) is 0 Å². The molecule has 0 bridgehead atoms. The molecule has 3 atom stereocenters. The van der Waals surface area contributed by atoms with E-state index in [1.54, 1.807) is 0 Å². The fourth-order valence-corrected chi connectivity index (χ4v) is 2.66. The Hall–Kier alpha value is -1.05. The van der Waals surface area contributed by atoms with E-state index in [-0.39, 0.29) is 17.5 Å². The summed E-state index contributed by atoms with van der Waals surface area (Å²) in [5.74, 6) is 0.870. The van der Waals surface area contributed by atoms with Gasteiger partial charge >= 0.3 is 5.97 Å². The van der Waals surface area contributed by atoms with Gasteiger partial charge in [-0.1, -0.05) is 38.5 Å². The van der Waals surface area contributed by atoms with Crippen molar-refractivity contribution in [3.8, 4) is 0 Å². The van der Waals surface area contributed by atoms with Crippen molar-refractivity contribution >= 4 is 5.97 Å². The van der Waals surface area contributed by atoms with Gasteiger partial charge in [0.25, 0.3) is 0 Å². The molecule has 0 fully saturated rings. The second-order valence-electron chi connectivity index (χ2n) is 6.08. The monoisotopic (exact) mass is 250 g/mol. The molecule has 2 nitrogen and oxygen atoms in total. The molecule has 18 heavy (non-hydrogen) atoms. The van der Waals surface area contributed by atoms with Gasteiger partial charge in [0, 0.05) is 12.8 Å². The Kier molecular flexibility index (Phi) is 4.78. The zero-order valence-electron chi connectivity index (χ0n) is 12.5. The second kappa shape index (κ2) is 5.73. The van der Waals surface area contributed by atoms with Crippen molar-refractivity contribution in [3.05, 3.63) is 23.8 Å². The maximum absolute atomic E-state index is 10.9. The minimum atomic E-state index is -0.226. The molecule has 0 amide bonds. The highest BCUT2D eigenvalue weighted by Crippen LogP contribution is 2.45. The van der Waals surface area contributed by atoms with Gasteiger partial charge in [-0.2, -0.15) is 0 Å². The van der Waals surface area contributed by atoms with Gasteiger partial charge in [-0.15, -0.1) is 0 Å². The maximum Gasteiger partial charge on any atom is 0.303 e. The average molecular weight is 250 g/mol. The van der Waals surface area contributed by atoms with Crippen LogP contribution in [-0.2, 0) is 9.53 Å². The molecule has 0 radical (unpaired) electrons. The highest BCUT2D eigenvalue weighted by Gasteiger charge is 2.36. The van der Waals surface area contributed by atoms with Crippen molar-refractivity contribution in [2.75, 3.05) is 0 Å². The molecular weight excluding hydrogens is 224 g/mol. The van der Waals surface area contributed by atoms with Gasteiger partial charge in [-0.05, 0) is 37.7 Å². The van der Waals surface area contributed by atoms with Crippen LogP contribution in [0.1, 0.15) is 48.0 Å². The van der Waals surface area contributed by atoms with Crippen molar-refractivity contribution in [1.82, 2.24) is 0 Å². The number of esters is 1. The summed E-state index contributed by atoms with van der Waals surface area (Å²) in [7, 11) is 0. The van der Waals surface area contributed by atoms with Crippen molar-refractivity contribution in [3.63, 3.8) is 0 Å². The summed E-state index contributed by atoms with van der Waals surface area (Å²) in [6.07, 6.45) is 7.55. The lowest BCUT2D eigenvalue weighted by Crippen LogP contribution is -2.33. The first-order valence-electron chi connectivity index (χ1n) is 6.77. The number of hydrogen-bond donors (Lipinski definition) is 0. The lowest BCUT2D eigenvalue weighted by molar-refractivity contribution is -0.143. The van der Waals surface area contributed by atoms with Gasteiger partial charge in [0.1, 0.15) is 6.10 Å². The van der Waals surface area contributed by atoms with E-state index in [9.17, 15) is 4.79 Å². The fourth-order valence-electron chi connectivity index (χ4n) is 2.66. The van der Waals surface area contributed by atoms with E-state index >= 15 is 0 Å². The molecule has 0 aliphatic heterocycles. The molecular formula is C16H26O2. The minimum Gasteiger partial charge on any atom is -0.459 e. The van der Waals surface area contributed by atoms with Crippen LogP contribution in [0.2, 0.25) is 0 Å². The summed E-state index contributed by atoms with van der Waals surface area (Å²) >= 11 is 0. The Morgan fingerprint density at radius 1 is 1.56 bits per heavy atom. The maximum atomic E-state index is 10.9. The summed E-state index contributed by atoms with van der Waals surface area (Å²) in [6, 6.07) is 0. The Bertz CT molecular complexity index is 363. The summed E-state index contributed by atoms with van der Waals surface area (Å²) < 4.78 is 5.13. The zero-order chi connectivity index (χ0) is 13.9. The van der Waals surface area contributed by atoms with E-state index in [4.69, 9.17) is 4.74 Å². The molecule has 1 aliphatic carbocycles. The van der Waals surface area contributed by atoms with E-state index in [1.165, 1.54) is 12.5 Å². The standard InChI is InChI=1S/C16H26O2/c1-11-7-8-12(2)16(5,6)15(11)10-9-13(3)18-14(4)17/h7,9-10,12-13,15H,8H2,1-6H3/b10-9+/t12-,13+,15-/m0/s1. The molecule has 0 N–H and O–H groups in total. The Balaban J connectivity index is 2.80. The van der Waals surface area contributed by atoms with Crippen LogP contribution in [0, 0.1) is 17.3 Å². The van der Waals surface area contributed by atoms with Crippen molar-refractivity contribution in [2.24, 2.45) is 17.3 Å². The summed E-state index contributed by atoms with van der Waals surface area (Å²) in [5, 5.41) is 0. The van der Waals surface area contributed by atoms with Crippen LogP contribution < -0.4 is 0 Å². The molecule has 2 heteroatoms. The predicted octanol–water partition coefficient (Wildman–Crippen LogP) is 4.12. The smallest absolute Gasteiger partial charge is 0.303 e. The number of ether oxygens (including phenoxy) is 1. The van der Waals surface area contributed by atoms with E-state index in [0.29, 0.717) is 11.8 Å². The van der Waals surface area contributed by atoms with Crippen molar-refractivity contribution in [1.29, 1.82) is 0 Å². The first kappa shape index (κ1) is 15.0. The molecule has 1 aliphatic rings. The summed E-state index contributed by atoms with van der Waals surface area (Å²) in [6.45, 7) is 12.5. The Morgan fingerprint density at radius 2 is 2.17 bits per heavy atom. The van der Waals surface area contributed by atoms with Crippen LogP contribution >= 0.6 is 0 Å². The molecule has 0 aromatic heterocycles. The first-order valence-corrected chi connectivity index (χ1v) is 6.77. The third kappa shape index (κ3) is 3.47. The van der Waals surface area contributed by atoms with Gasteiger partial charge in [0.15, 0.2) is 0 Å². The minimum absolute atomic E-state index is 0.150. The van der Waals surface area contributed by atoms with Crippen LogP contribution in [-0.4, -0.2) is 12.1 Å². The molecule has 0 unspecified atom stereocenters. The molecule has 0 saturated heterocycles. The summed E-state index contributed by atoms with van der Waals surface area (Å²) in [4.78, 5) is 10.9. The van der Waals surface area contributed by atoms with E-state index in [2.05, 4.69) is 39.8 Å². The van der Waals surface area contributed by atoms with Crippen molar-refractivity contribution in [2.45, 2.75) is 54.1 Å². The average Bonchev–Trinajstić information content (AvgIpc) is 2.22.